The average Bonchev–Trinajstić information content (AvgIpc) is 3.32. The molecule has 1 aliphatic carbocycles. The molecular formula is C31H39NO8. The summed E-state index contributed by atoms with van der Waals surface area (Å²) >= 11 is 0. The number of carbonyl (C=O) groups excluding carboxylic acids is 2. The number of amides is 1. The summed E-state index contributed by atoms with van der Waals surface area (Å²) in [4.78, 5) is 25.8. The first-order valence-corrected chi connectivity index (χ1v) is 14.4. The Hall–Kier alpha value is -2.98. The zero-order valence-electron chi connectivity index (χ0n) is 22.9. The molecule has 2 aromatic carbocycles. The van der Waals surface area contributed by atoms with Crippen LogP contribution in [0.3, 0.4) is 0 Å². The molecule has 2 fully saturated rings. The van der Waals surface area contributed by atoms with E-state index >= 15 is 0 Å². The zero-order chi connectivity index (χ0) is 27.6. The molecule has 1 N–H and O–H groups in total. The van der Waals surface area contributed by atoms with Gasteiger partial charge in [0.05, 0.1) is 19.8 Å². The van der Waals surface area contributed by atoms with Gasteiger partial charge in [-0.25, -0.2) is 9.59 Å². The topological polar surface area (TPSA) is 102 Å². The highest BCUT2D eigenvalue weighted by Crippen LogP contribution is 2.44. The van der Waals surface area contributed by atoms with Crippen LogP contribution in [0.4, 0.5) is 4.79 Å². The summed E-state index contributed by atoms with van der Waals surface area (Å²) in [6, 6.07) is 15.2. The normalized spacial score (nSPS) is 21.2. The van der Waals surface area contributed by atoms with Crippen molar-refractivity contribution in [2.45, 2.75) is 69.5 Å². The van der Waals surface area contributed by atoms with Gasteiger partial charge in [0.25, 0.3) is 0 Å². The lowest BCUT2D eigenvalue weighted by molar-refractivity contribution is -0.190. The first-order valence-electron chi connectivity index (χ1n) is 14.4. The third-order valence-corrected chi connectivity index (χ3v) is 7.46. The highest BCUT2D eigenvalue weighted by Gasteiger charge is 2.31. The molecule has 9 nitrogen and oxygen atoms in total. The summed E-state index contributed by atoms with van der Waals surface area (Å²) in [6.45, 7) is 2.24. The van der Waals surface area contributed by atoms with Crippen molar-refractivity contribution < 1.29 is 38.0 Å². The second-order valence-corrected chi connectivity index (χ2v) is 10.4. The maximum absolute atomic E-state index is 13.0. The van der Waals surface area contributed by atoms with E-state index in [2.05, 4.69) is 29.6 Å². The molecule has 0 radical (unpaired) electrons. The third-order valence-electron chi connectivity index (χ3n) is 7.46. The lowest BCUT2D eigenvalue weighted by Crippen LogP contribution is -2.47. The Labute approximate surface area is 235 Å². The minimum absolute atomic E-state index is 0.0460. The van der Waals surface area contributed by atoms with E-state index in [-0.39, 0.29) is 25.4 Å². The first kappa shape index (κ1) is 28.5. The van der Waals surface area contributed by atoms with Crippen molar-refractivity contribution in [2.24, 2.45) is 0 Å². The number of benzene rings is 2. The van der Waals surface area contributed by atoms with Crippen LogP contribution in [0.2, 0.25) is 0 Å². The fourth-order valence-electron chi connectivity index (χ4n) is 5.39. The van der Waals surface area contributed by atoms with Crippen LogP contribution in [0.1, 0.15) is 62.0 Å². The van der Waals surface area contributed by atoms with Crippen LogP contribution >= 0.6 is 0 Å². The molecule has 3 atom stereocenters. The van der Waals surface area contributed by atoms with Gasteiger partial charge < -0.3 is 33.7 Å². The molecule has 216 valence electrons. The van der Waals surface area contributed by atoms with Gasteiger partial charge in [-0.3, -0.25) is 0 Å². The third kappa shape index (κ3) is 7.60. The van der Waals surface area contributed by atoms with E-state index < -0.39 is 24.4 Å². The van der Waals surface area contributed by atoms with Crippen LogP contribution in [0.5, 0.6) is 0 Å². The number of hydrogen-bond donors (Lipinski definition) is 1. The molecule has 0 bridgehead atoms. The van der Waals surface area contributed by atoms with Crippen LogP contribution in [0.15, 0.2) is 48.5 Å². The molecule has 5 rings (SSSR count). The van der Waals surface area contributed by atoms with Crippen LogP contribution in [-0.2, 0) is 33.2 Å². The van der Waals surface area contributed by atoms with Crippen molar-refractivity contribution in [3.05, 3.63) is 59.7 Å². The summed E-state index contributed by atoms with van der Waals surface area (Å²) in [5.74, 6) is -0.684. The van der Waals surface area contributed by atoms with Crippen LogP contribution < -0.4 is 5.32 Å². The summed E-state index contributed by atoms with van der Waals surface area (Å²) < 4.78 is 33.8. The molecule has 2 aromatic rings. The van der Waals surface area contributed by atoms with Crippen molar-refractivity contribution in [3.63, 3.8) is 0 Å². The summed E-state index contributed by atoms with van der Waals surface area (Å²) in [5, 5.41) is 2.65. The fourth-order valence-corrected chi connectivity index (χ4v) is 5.39. The monoisotopic (exact) mass is 553 g/mol. The van der Waals surface area contributed by atoms with Crippen molar-refractivity contribution in [2.75, 3.05) is 39.6 Å². The van der Waals surface area contributed by atoms with E-state index in [0.717, 1.165) is 61.0 Å². The first-order chi connectivity index (χ1) is 19.7. The summed E-state index contributed by atoms with van der Waals surface area (Å²) in [6.07, 6.45) is 4.75. The molecule has 0 spiro atoms. The lowest BCUT2D eigenvalue weighted by atomic mass is 9.98. The number of rotatable bonds is 12. The SMILES string of the molecule is O=C(N[C@@H](COCCCOC1CCCCO1)C(=O)OC1CCCCO1)OCC1c2ccccc2-c2ccccc21. The molecule has 3 aliphatic rings. The van der Waals surface area contributed by atoms with E-state index in [4.69, 9.17) is 28.4 Å². The minimum atomic E-state index is -1.02. The Bertz CT molecular complexity index is 1070. The van der Waals surface area contributed by atoms with Gasteiger partial charge in [0.2, 0.25) is 6.29 Å². The second-order valence-electron chi connectivity index (χ2n) is 10.4. The van der Waals surface area contributed by atoms with Crippen LogP contribution in [-0.4, -0.2) is 70.3 Å². The number of esters is 1. The number of carbonyl (C=O) groups is 2. The molecule has 9 heteroatoms. The van der Waals surface area contributed by atoms with Crippen molar-refractivity contribution in [3.8, 4) is 11.1 Å². The number of fused-ring (bicyclic) bond motifs is 3. The van der Waals surface area contributed by atoms with Gasteiger partial charge in [-0.1, -0.05) is 48.5 Å². The second kappa shape index (κ2) is 14.6. The van der Waals surface area contributed by atoms with Crippen molar-refractivity contribution in [1.82, 2.24) is 5.32 Å². The van der Waals surface area contributed by atoms with Gasteiger partial charge >= 0.3 is 12.1 Å². The van der Waals surface area contributed by atoms with E-state index in [9.17, 15) is 9.59 Å². The standard InChI is InChI=1S/C31H39NO8/c33-30(40-29-15-6-8-18-38-29)27(21-35-16-9-19-37-28-14-5-7-17-36-28)32-31(34)39-20-26-24-12-3-1-10-22(24)23-11-2-4-13-25(23)26/h1-4,10-13,26-29H,5-9,14-21H2,(H,32,34)/t27-,28?,29?/m0/s1. The Kier molecular flexibility index (Phi) is 10.4. The van der Waals surface area contributed by atoms with Gasteiger partial charge in [0.15, 0.2) is 12.3 Å². The highest BCUT2D eigenvalue weighted by atomic mass is 16.7. The molecule has 2 aliphatic heterocycles. The van der Waals surface area contributed by atoms with Gasteiger partial charge in [0, 0.05) is 25.6 Å². The molecule has 0 saturated carbocycles. The number of ether oxygens (including phenoxy) is 6. The molecule has 0 aromatic heterocycles. The Morgan fingerprint density at radius 3 is 2.15 bits per heavy atom. The van der Waals surface area contributed by atoms with Gasteiger partial charge in [-0.05, 0) is 60.8 Å². The zero-order valence-corrected chi connectivity index (χ0v) is 22.9. The molecule has 2 unspecified atom stereocenters. The predicted octanol–water partition coefficient (Wildman–Crippen LogP) is 4.91. The van der Waals surface area contributed by atoms with Crippen molar-refractivity contribution in [1.29, 1.82) is 0 Å². The maximum Gasteiger partial charge on any atom is 0.407 e. The van der Waals surface area contributed by atoms with Crippen LogP contribution in [0.25, 0.3) is 11.1 Å². The molecule has 2 heterocycles. The largest absolute Gasteiger partial charge is 0.449 e. The van der Waals surface area contributed by atoms with E-state index in [0.29, 0.717) is 32.7 Å². The number of hydrogen-bond acceptors (Lipinski definition) is 8. The number of alkyl carbamates (subject to hydrolysis) is 1. The average molecular weight is 554 g/mol. The summed E-state index contributed by atoms with van der Waals surface area (Å²) in [5.41, 5.74) is 4.53. The van der Waals surface area contributed by atoms with Gasteiger partial charge in [0.1, 0.15) is 6.61 Å². The smallest absolute Gasteiger partial charge is 0.407 e. The van der Waals surface area contributed by atoms with E-state index in [1.165, 1.54) is 0 Å². The van der Waals surface area contributed by atoms with Crippen LogP contribution in [0, 0.1) is 0 Å². The maximum atomic E-state index is 13.0. The molecule has 40 heavy (non-hydrogen) atoms. The highest BCUT2D eigenvalue weighted by molar-refractivity contribution is 5.82. The van der Waals surface area contributed by atoms with Gasteiger partial charge in [-0.15, -0.1) is 0 Å². The molecular weight excluding hydrogens is 514 g/mol. The van der Waals surface area contributed by atoms with E-state index in [1.807, 2.05) is 24.3 Å². The molecule has 1 amide bonds. The van der Waals surface area contributed by atoms with Crippen molar-refractivity contribution >= 4 is 12.1 Å². The predicted molar refractivity (Wildman–Crippen MR) is 147 cm³/mol. The Morgan fingerprint density at radius 2 is 1.50 bits per heavy atom. The summed E-state index contributed by atoms with van der Waals surface area (Å²) in [7, 11) is 0. The van der Waals surface area contributed by atoms with Gasteiger partial charge in [-0.2, -0.15) is 0 Å². The molecule has 2 saturated heterocycles. The Morgan fingerprint density at radius 1 is 0.850 bits per heavy atom. The quantitative estimate of drug-likeness (QED) is 0.292. The fraction of sp³-hybridized carbons (Fsp3) is 0.548. The Balaban J connectivity index is 1.12. The van der Waals surface area contributed by atoms with E-state index in [1.54, 1.807) is 0 Å². The number of nitrogens with one attached hydrogen (secondary N) is 1. The minimum Gasteiger partial charge on any atom is -0.449 e. The lowest BCUT2D eigenvalue weighted by Gasteiger charge is -2.25.